The minimum atomic E-state index is -4.80. The van der Waals surface area contributed by atoms with Crippen molar-refractivity contribution in [3.05, 3.63) is 22.1 Å². The average Bonchev–Trinajstić information content (AvgIpc) is 2.82. The maximum atomic E-state index is 13.2. The molecule has 0 unspecified atom stereocenters. The summed E-state index contributed by atoms with van der Waals surface area (Å²) >= 11 is 0. The van der Waals surface area contributed by atoms with Crippen molar-refractivity contribution < 1.29 is 27.8 Å². The first-order valence-electron chi connectivity index (χ1n) is 7.41. The van der Waals surface area contributed by atoms with Gasteiger partial charge in [-0.2, -0.15) is 18.3 Å². The smallest absolute Gasteiger partial charge is 0.423 e. The second-order valence-electron chi connectivity index (χ2n) is 5.82. The molecule has 1 aromatic rings. The molecule has 1 fully saturated rings. The highest BCUT2D eigenvalue weighted by Gasteiger charge is 2.41. The van der Waals surface area contributed by atoms with E-state index in [1.54, 1.807) is 0 Å². The number of hydrogen-bond donors (Lipinski definition) is 2. The van der Waals surface area contributed by atoms with Gasteiger partial charge < -0.3 is 14.7 Å². The van der Waals surface area contributed by atoms with Crippen LogP contribution < -0.4 is 10.5 Å². The Morgan fingerprint density at radius 3 is 2.88 bits per heavy atom. The fourth-order valence-corrected chi connectivity index (χ4v) is 2.86. The van der Waals surface area contributed by atoms with E-state index < -0.39 is 23.3 Å². The highest BCUT2D eigenvalue weighted by Crippen LogP contribution is 2.37. The fraction of sp³-hybridized carbons (Fsp3) is 0.643. The molecule has 0 amide bonds. The molecule has 1 saturated heterocycles. The average molecular weight is 349 g/mol. The summed E-state index contributed by atoms with van der Waals surface area (Å²) in [6.45, 7) is 2.29. The van der Waals surface area contributed by atoms with Crippen LogP contribution in [0.3, 0.4) is 0 Å². The third-order valence-electron chi connectivity index (χ3n) is 3.82. The number of aromatic nitrogens is 2. The second-order valence-corrected chi connectivity index (χ2v) is 5.82. The van der Waals surface area contributed by atoms with Crippen molar-refractivity contribution in [1.29, 1.82) is 0 Å². The van der Waals surface area contributed by atoms with Crippen molar-refractivity contribution in [3.63, 3.8) is 0 Å². The molecule has 24 heavy (non-hydrogen) atoms. The Balaban J connectivity index is 2.21. The van der Waals surface area contributed by atoms with E-state index in [1.807, 2.05) is 12.0 Å². The number of halogens is 3. The Kier molecular flexibility index (Phi) is 5.47. The van der Waals surface area contributed by atoms with Crippen LogP contribution in [0, 0.1) is 5.92 Å². The first-order valence-corrected chi connectivity index (χ1v) is 7.41. The molecule has 1 aromatic heterocycles. The Bertz CT molecular complexity index is 647. The summed E-state index contributed by atoms with van der Waals surface area (Å²) in [7, 11) is 0. The van der Waals surface area contributed by atoms with Crippen LogP contribution in [0.1, 0.15) is 25.3 Å². The fourth-order valence-electron chi connectivity index (χ4n) is 2.86. The third-order valence-corrected chi connectivity index (χ3v) is 3.82. The van der Waals surface area contributed by atoms with Gasteiger partial charge in [-0.15, -0.1) is 0 Å². The van der Waals surface area contributed by atoms with E-state index >= 15 is 0 Å². The lowest BCUT2D eigenvalue weighted by Gasteiger charge is -2.28. The number of aromatic amines is 1. The molecule has 0 bridgehead atoms. The molecule has 1 aliphatic rings. The van der Waals surface area contributed by atoms with Crippen molar-refractivity contribution in [2.45, 2.75) is 32.0 Å². The number of aliphatic carboxylic acids is 1. The maximum absolute atomic E-state index is 13.2. The van der Waals surface area contributed by atoms with Crippen LogP contribution in [0.25, 0.3) is 0 Å². The number of hydrogen-bond acceptors (Lipinski definition) is 5. The van der Waals surface area contributed by atoms with Crippen molar-refractivity contribution in [3.8, 4) is 0 Å². The minimum absolute atomic E-state index is 0.0200. The molecule has 1 aliphatic heterocycles. The lowest BCUT2D eigenvalue weighted by atomic mass is 10.1. The molecule has 10 heteroatoms. The molecule has 0 aliphatic carbocycles. The standard InChI is InChI=1S/C14H18F3N3O4/c1-8-4-9(7-24-3-2-11(21)22)20(6-8)10-5-18-19-13(23)12(10)14(15,16)17/h5,8-9H,2-4,6-7H2,1H3,(H,19,23)(H,21,22)/t8-,9-/m0/s1. The van der Waals surface area contributed by atoms with Gasteiger partial charge >= 0.3 is 12.1 Å². The van der Waals surface area contributed by atoms with Crippen molar-refractivity contribution in [1.82, 2.24) is 10.2 Å². The topological polar surface area (TPSA) is 95.5 Å². The lowest BCUT2D eigenvalue weighted by Crippen LogP contribution is -2.37. The van der Waals surface area contributed by atoms with Crippen molar-refractivity contribution in [2.24, 2.45) is 5.92 Å². The first kappa shape index (κ1) is 18.2. The zero-order valence-electron chi connectivity index (χ0n) is 13.0. The monoisotopic (exact) mass is 349 g/mol. The van der Waals surface area contributed by atoms with Gasteiger partial charge in [-0.25, -0.2) is 5.10 Å². The molecule has 2 N–H and O–H groups in total. The normalized spacial score (nSPS) is 21.2. The van der Waals surface area contributed by atoms with Gasteiger partial charge in [0.05, 0.1) is 37.6 Å². The highest BCUT2D eigenvalue weighted by molar-refractivity contribution is 5.66. The van der Waals surface area contributed by atoms with Crippen LogP contribution in [-0.4, -0.2) is 47.1 Å². The summed E-state index contributed by atoms with van der Waals surface area (Å²) in [6, 6.07) is -0.376. The number of carboxylic acids is 1. The number of H-pyrrole nitrogens is 1. The predicted octanol–water partition coefficient (Wildman–Crippen LogP) is 1.49. The van der Waals surface area contributed by atoms with Crippen LogP contribution in [0.4, 0.5) is 18.9 Å². The van der Waals surface area contributed by atoms with Crippen molar-refractivity contribution in [2.75, 3.05) is 24.7 Å². The van der Waals surface area contributed by atoms with Gasteiger partial charge in [0.25, 0.3) is 5.56 Å². The number of ether oxygens (including phenoxy) is 1. The summed E-state index contributed by atoms with van der Waals surface area (Å²) in [5.41, 5.74) is -2.84. The largest absolute Gasteiger partial charge is 0.481 e. The van der Waals surface area contributed by atoms with E-state index in [1.165, 1.54) is 4.90 Å². The number of carbonyl (C=O) groups is 1. The maximum Gasteiger partial charge on any atom is 0.423 e. The van der Waals surface area contributed by atoms with Gasteiger partial charge in [0.1, 0.15) is 5.56 Å². The van der Waals surface area contributed by atoms with Crippen LogP contribution in [-0.2, 0) is 15.7 Å². The molecule has 2 rings (SSSR count). The van der Waals surface area contributed by atoms with E-state index in [0.29, 0.717) is 13.0 Å². The molecule has 134 valence electrons. The predicted molar refractivity (Wildman–Crippen MR) is 77.8 cm³/mol. The Labute approximate surface area is 135 Å². The number of nitrogens with one attached hydrogen (secondary N) is 1. The quantitative estimate of drug-likeness (QED) is 0.756. The van der Waals surface area contributed by atoms with Gasteiger partial charge in [-0.05, 0) is 12.3 Å². The van der Waals surface area contributed by atoms with Gasteiger partial charge in [0, 0.05) is 6.54 Å². The lowest BCUT2D eigenvalue weighted by molar-refractivity contribution is -0.139. The molecule has 0 aromatic carbocycles. The molecule has 7 nitrogen and oxygen atoms in total. The van der Waals surface area contributed by atoms with Crippen LogP contribution in [0.15, 0.2) is 11.0 Å². The van der Waals surface area contributed by atoms with E-state index in [-0.39, 0.29) is 37.3 Å². The molecular weight excluding hydrogens is 331 g/mol. The molecule has 0 radical (unpaired) electrons. The summed E-state index contributed by atoms with van der Waals surface area (Å²) in [4.78, 5) is 23.5. The number of alkyl halides is 3. The number of anilines is 1. The summed E-state index contributed by atoms with van der Waals surface area (Å²) in [6.07, 6.45) is -3.40. The third kappa shape index (κ3) is 4.25. The summed E-state index contributed by atoms with van der Waals surface area (Å²) in [5.74, 6) is -0.900. The summed E-state index contributed by atoms with van der Waals surface area (Å²) in [5, 5.41) is 13.9. The SMILES string of the molecule is C[C@H]1C[C@@H](COCCC(=O)O)N(c2cn[nH]c(=O)c2C(F)(F)F)C1. The number of rotatable bonds is 6. The van der Waals surface area contributed by atoms with Crippen LogP contribution in [0.5, 0.6) is 0 Å². The van der Waals surface area contributed by atoms with Gasteiger partial charge in [0.15, 0.2) is 0 Å². The van der Waals surface area contributed by atoms with E-state index in [2.05, 4.69) is 5.10 Å². The Morgan fingerprint density at radius 1 is 1.54 bits per heavy atom. The highest BCUT2D eigenvalue weighted by atomic mass is 19.4. The van der Waals surface area contributed by atoms with Crippen LogP contribution >= 0.6 is 0 Å². The summed E-state index contributed by atoms with van der Waals surface area (Å²) < 4.78 is 44.9. The Morgan fingerprint density at radius 2 is 2.25 bits per heavy atom. The molecule has 2 heterocycles. The van der Waals surface area contributed by atoms with E-state index in [0.717, 1.165) is 6.20 Å². The number of carboxylic acid groups (broad SMARTS) is 1. The second kappa shape index (κ2) is 7.20. The zero-order chi connectivity index (χ0) is 17.9. The molecule has 0 spiro atoms. The van der Waals surface area contributed by atoms with Crippen LogP contribution in [0.2, 0.25) is 0 Å². The Hall–Kier alpha value is -2.10. The zero-order valence-corrected chi connectivity index (χ0v) is 13.0. The molecule has 2 atom stereocenters. The van der Waals surface area contributed by atoms with Crippen molar-refractivity contribution >= 4 is 11.7 Å². The number of nitrogens with zero attached hydrogens (tertiary/aromatic N) is 2. The molecular formula is C14H18F3N3O4. The van der Waals surface area contributed by atoms with Gasteiger partial charge in [0.2, 0.25) is 0 Å². The van der Waals surface area contributed by atoms with Gasteiger partial charge in [-0.1, -0.05) is 6.92 Å². The van der Waals surface area contributed by atoms with E-state index in [4.69, 9.17) is 9.84 Å². The minimum Gasteiger partial charge on any atom is -0.481 e. The van der Waals surface area contributed by atoms with E-state index in [9.17, 15) is 22.8 Å². The van der Waals surface area contributed by atoms with Gasteiger partial charge in [-0.3, -0.25) is 9.59 Å². The first-order chi connectivity index (χ1) is 11.2. The molecule has 0 saturated carbocycles.